The zero-order valence-corrected chi connectivity index (χ0v) is 18.5. The van der Waals surface area contributed by atoms with E-state index in [1.807, 2.05) is 0 Å². The molecule has 0 aliphatic carbocycles. The summed E-state index contributed by atoms with van der Waals surface area (Å²) in [7, 11) is 2.94. The monoisotopic (exact) mass is 454 g/mol. The fourth-order valence-corrected chi connectivity index (χ4v) is 3.28. The molecule has 0 radical (unpaired) electrons. The molecule has 0 saturated heterocycles. The van der Waals surface area contributed by atoms with E-state index < -0.39 is 23.7 Å². The first kappa shape index (κ1) is 23.7. The molecule has 0 saturated carbocycles. The molecule has 8 heteroatoms. The number of methoxy groups -OCH3 is 2. The maximum Gasteiger partial charge on any atom is 0.259 e. The van der Waals surface area contributed by atoms with E-state index in [9.17, 15) is 18.4 Å². The Bertz CT molecular complexity index is 1120. The van der Waals surface area contributed by atoms with Crippen molar-refractivity contribution in [1.29, 1.82) is 0 Å². The number of amides is 2. The zero-order chi connectivity index (χ0) is 24.0. The Morgan fingerprint density at radius 1 is 0.879 bits per heavy atom. The van der Waals surface area contributed by atoms with E-state index in [2.05, 4.69) is 5.32 Å². The van der Waals surface area contributed by atoms with E-state index in [0.717, 1.165) is 0 Å². The second-order valence-electron chi connectivity index (χ2n) is 7.24. The van der Waals surface area contributed by atoms with Gasteiger partial charge in [0.1, 0.15) is 17.7 Å². The lowest BCUT2D eigenvalue weighted by Gasteiger charge is -2.29. The van der Waals surface area contributed by atoms with Crippen molar-refractivity contribution in [3.8, 4) is 11.5 Å². The molecule has 3 rings (SSSR count). The van der Waals surface area contributed by atoms with E-state index >= 15 is 0 Å². The average molecular weight is 454 g/mol. The number of ether oxygens (including phenoxy) is 2. The van der Waals surface area contributed by atoms with E-state index in [-0.39, 0.29) is 17.9 Å². The molecule has 1 N–H and O–H groups in total. The van der Waals surface area contributed by atoms with Crippen LogP contribution in [0.25, 0.3) is 0 Å². The van der Waals surface area contributed by atoms with E-state index in [1.54, 1.807) is 31.2 Å². The number of anilines is 1. The first-order valence-electron chi connectivity index (χ1n) is 10.2. The number of rotatable bonds is 8. The van der Waals surface area contributed by atoms with Crippen LogP contribution in [0.3, 0.4) is 0 Å². The van der Waals surface area contributed by atoms with E-state index in [0.29, 0.717) is 22.7 Å². The van der Waals surface area contributed by atoms with Crippen molar-refractivity contribution in [1.82, 2.24) is 5.32 Å². The molecule has 3 aromatic carbocycles. The highest BCUT2D eigenvalue weighted by Crippen LogP contribution is 2.29. The molecule has 3 aromatic rings. The lowest BCUT2D eigenvalue weighted by Crippen LogP contribution is -2.48. The number of carbonyl (C=O) groups is 2. The summed E-state index contributed by atoms with van der Waals surface area (Å²) in [4.78, 5) is 27.7. The number of benzene rings is 3. The minimum absolute atomic E-state index is 0.158. The number of halogens is 2. The first-order chi connectivity index (χ1) is 15.8. The van der Waals surface area contributed by atoms with E-state index in [1.165, 1.54) is 61.6 Å². The van der Waals surface area contributed by atoms with Crippen molar-refractivity contribution in [2.45, 2.75) is 19.5 Å². The average Bonchev–Trinajstić information content (AvgIpc) is 2.84. The fourth-order valence-electron chi connectivity index (χ4n) is 3.28. The van der Waals surface area contributed by atoms with Gasteiger partial charge in [-0.25, -0.2) is 8.78 Å². The summed E-state index contributed by atoms with van der Waals surface area (Å²) >= 11 is 0. The highest BCUT2D eigenvalue weighted by molar-refractivity contribution is 6.10. The number of carbonyl (C=O) groups excluding carboxylic acids is 2. The largest absolute Gasteiger partial charge is 0.493 e. The first-order valence-corrected chi connectivity index (χ1v) is 10.2. The van der Waals surface area contributed by atoms with Crippen LogP contribution in [0.1, 0.15) is 22.8 Å². The number of nitrogens with one attached hydrogen (secondary N) is 1. The van der Waals surface area contributed by atoms with Crippen LogP contribution in [0.4, 0.5) is 14.5 Å². The van der Waals surface area contributed by atoms with Crippen molar-refractivity contribution in [2.75, 3.05) is 19.1 Å². The molecule has 0 aliphatic rings. The summed E-state index contributed by atoms with van der Waals surface area (Å²) in [5, 5.41) is 2.75. The summed E-state index contributed by atoms with van der Waals surface area (Å²) in [6, 6.07) is 14.7. The Morgan fingerprint density at radius 3 is 2.03 bits per heavy atom. The Balaban J connectivity index is 1.88. The molecule has 2 amide bonds. The fraction of sp³-hybridized carbons (Fsp3) is 0.200. The van der Waals surface area contributed by atoms with Gasteiger partial charge in [0.05, 0.1) is 14.2 Å². The van der Waals surface area contributed by atoms with Crippen LogP contribution < -0.4 is 19.7 Å². The summed E-state index contributed by atoms with van der Waals surface area (Å²) < 4.78 is 37.1. The Hall–Kier alpha value is -3.94. The van der Waals surface area contributed by atoms with Gasteiger partial charge in [0.15, 0.2) is 11.5 Å². The third kappa shape index (κ3) is 5.65. The predicted molar refractivity (Wildman–Crippen MR) is 120 cm³/mol. The van der Waals surface area contributed by atoms with Gasteiger partial charge in [-0.15, -0.1) is 0 Å². The Labute approximate surface area is 190 Å². The van der Waals surface area contributed by atoms with Gasteiger partial charge in [-0.3, -0.25) is 14.5 Å². The van der Waals surface area contributed by atoms with Gasteiger partial charge in [0.2, 0.25) is 5.91 Å². The highest BCUT2D eigenvalue weighted by Gasteiger charge is 2.29. The minimum atomic E-state index is -0.934. The van der Waals surface area contributed by atoms with Crippen LogP contribution in [0.5, 0.6) is 11.5 Å². The van der Waals surface area contributed by atoms with Crippen LogP contribution in [0.15, 0.2) is 66.7 Å². The molecule has 0 fully saturated rings. The van der Waals surface area contributed by atoms with Gasteiger partial charge < -0.3 is 14.8 Å². The smallest absolute Gasteiger partial charge is 0.259 e. The van der Waals surface area contributed by atoms with Gasteiger partial charge in [0, 0.05) is 17.8 Å². The second-order valence-corrected chi connectivity index (χ2v) is 7.24. The van der Waals surface area contributed by atoms with Gasteiger partial charge in [-0.1, -0.05) is 12.1 Å². The molecule has 0 bridgehead atoms. The number of nitrogens with zero attached hydrogens (tertiary/aromatic N) is 1. The lowest BCUT2D eigenvalue weighted by molar-refractivity contribution is -0.122. The molecule has 0 heterocycles. The lowest BCUT2D eigenvalue weighted by atomic mass is 10.1. The zero-order valence-electron chi connectivity index (χ0n) is 18.5. The topological polar surface area (TPSA) is 67.9 Å². The molecule has 1 atom stereocenters. The van der Waals surface area contributed by atoms with E-state index in [4.69, 9.17) is 9.47 Å². The molecule has 0 aromatic heterocycles. The van der Waals surface area contributed by atoms with Crippen LogP contribution in [-0.2, 0) is 11.3 Å². The van der Waals surface area contributed by atoms with Gasteiger partial charge in [-0.2, -0.15) is 0 Å². The Kier molecular flexibility index (Phi) is 7.61. The van der Waals surface area contributed by atoms with Crippen LogP contribution in [-0.4, -0.2) is 32.1 Å². The summed E-state index contributed by atoms with van der Waals surface area (Å²) in [5.41, 5.74) is 1.31. The third-order valence-electron chi connectivity index (χ3n) is 5.10. The molecule has 6 nitrogen and oxygen atoms in total. The maximum atomic E-state index is 13.5. The van der Waals surface area contributed by atoms with Crippen LogP contribution >= 0.6 is 0 Å². The van der Waals surface area contributed by atoms with Gasteiger partial charge >= 0.3 is 0 Å². The number of hydrogen-bond donors (Lipinski definition) is 1. The molecular weight excluding hydrogens is 430 g/mol. The molecule has 1 unspecified atom stereocenters. The molecule has 0 aliphatic heterocycles. The molecule has 172 valence electrons. The molecular formula is C25H24F2N2O4. The van der Waals surface area contributed by atoms with Crippen molar-refractivity contribution in [3.05, 3.63) is 89.5 Å². The predicted octanol–water partition coefficient (Wildman–Crippen LogP) is 4.33. The SMILES string of the molecule is COc1ccc(C(=O)N(c2ccc(F)cc2)C(C)C(=O)NCc2ccc(F)cc2)cc1OC. The number of hydrogen-bond acceptors (Lipinski definition) is 4. The van der Waals surface area contributed by atoms with Crippen LogP contribution in [0.2, 0.25) is 0 Å². The quantitative estimate of drug-likeness (QED) is 0.550. The second kappa shape index (κ2) is 10.6. The van der Waals surface area contributed by atoms with Crippen molar-refractivity contribution in [2.24, 2.45) is 0 Å². The van der Waals surface area contributed by atoms with Gasteiger partial charge in [0.25, 0.3) is 5.91 Å². The summed E-state index contributed by atoms with van der Waals surface area (Å²) in [6.07, 6.45) is 0. The molecule has 0 spiro atoms. The molecule has 33 heavy (non-hydrogen) atoms. The third-order valence-corrected chi connectivity index (χ3v) is 5.10. The normalized spacial score (nSPS) is 11.4. The van der Waals surface area contributed by atoms with Crippen molar-refractivity contribution in [3.63, 3.8) is 0 Å². The van der Waals surface area contributed by atoms with Crippen molar-refractivity contribution < 1.29 is 27.8 Å². The highest BCUT2D eigenvalue weighted by atomic mass is 19.1. The van der Waals surface area contributed by atoms with Crippen LogP contribution in [0, 0.1) is 11.6 Å². The van der Waals surface area contributed by atoms with Gasteiger partial charge in [-0.05, 0) is 67.1 Å². The standard InChI is InChI=1S/C25H24F2N2O4/c1-16(24(30)28-15-17-4-7-19(26)8-5-17)29(21-11-9-20(27)10-12-21)25(31)18-6-13-22(32-2)23(14-18)33-3/h4-14,16H,15H2,1-3H3,(H,28,30). The maximum absolute atomic E-state index is 13.5. The Morgan fingerprint density at radius 2 is 1.45 bits per heavy atom. The summed E-state index contributed by atoms with van der Waals surface area (Å²) in [6.45, 7) is 1.73. The van der Waals surface area contributed by atoms with Crippen molar-refractivity contribution >= 4 is 17.5 Å². The minimum Gasteiger partial charge on any atom is -0.493 e. The summed E-state index contributed by atoms with van der Waals surface area (Å²) in [5.74, 6) is -0.945.